The molecule has 5 heterocycles. The Bertz CT molecular complexity index is 1130. The van der Waals surface area contributed by atoms with E-state index in [-0.39, 0.29) is 5.91 Å². The molecule has 1 amide bonds. The predicted molar refractivity (Wildman–Crippen MR) is 104 cm³/mol. The first kappa shape index (κ1) is 16.2. The molecule has 1 saturated heterocycles. The minimum atomic E-state index is 0.0389. The van der Waals surface area contributed by atoms with E-state index in [0.717, 1.165) is 47.7 Å². The Morgan fingerprint density at radius 3 is 3.00 bits per heavy atom. The van der Waals surface area contributed by atoms with E-state index in [2.05, 4.69) is 26.0 Å². The van der Waals surface area contributed by atoms with Crippen molar-refractivity contribution in [2.45, 2.75) is 6.42 Å². The summed E-state index contributed by atoms with van der Waals surface area (Å²) < 4.78 is 3.67. The molecule has 0 radical (unpaired) electrons. The number of aryl methyl sites for hydroxylation is 1. The molecule has 5 rings (SSSR count). The van der Waals surface area contributed by atoms with E-state index in [9.17, 15) is 4.79 Å². The second kappa shape index (κ2) is 6.34. The predicted octanol–water partition coefficient (Wildman–Crippen LogP) is 2.03. The fourth-order valence-corrected chi connectivity index (χ4v) is 4.46. The molecule has 0 spiro atoms. The molecule has 0 bridgehead atoms. The second-order valence-corrected chi connectivity index (χ2v) is 7.60. The molecule has 0 atom stereocenters. The average Bonchev–Trinajstić information content (AvgIpc) is 3.35. The topological polar surface area (TPSA) is 71.6 Å². The summed E-state index contributed by atoms with van der Waals surface area (Å²) in [5.74, 6) is 1.00. The van der Waals surface area contributed by atoms with Gasteiger partial charge < -0.3 is 14.4 Å². The summed E-state index contributed by atoms with van der Waals surface area (Å²) in [6.45, 7) is 3.02. The third kappa shape index (κ3) is 2.66. The lowest BCUT2D eigenvalue weighted by molar-refractivity contribution is 0.0768. The van der Waals surface area contributed by atoms with E-state index in [1.807, 2.05) is 34.3 Å². The number of nitrogens with zero attached hydrogens (tertiary/aromatic N) is 7. The maximum Gasteiger partial charge on any atom is 0.259 e. The quantitative estimate of drug-likeness (QED) is 0.531. The Kier molecular flexibility index (Phi) is 3.82. The Labute approximate surface area is 159 Å². The number of imidazole rings is 1. The molecule has 27 heavy (non-hydrogen) atoms. The van der Waals surface area contributed by atoms with Gasteiger partial charge in [-0.1, -0.05) is 0 Å². The van der Waals surface area contributed by atoms with Crippen LogP contribution in [0.2, 0.25) is 0 Å². The molecular formula is C18H19N7OS. The van der Waals surface area contributed by atoms with Crippen LogP contribution in [0.4, 0.5) is 5.82 Å². The summed E-state index contributed by atoms with van der Waals surface area (Å²) in [4.78, 5) is 27.1. The van der Waals surface area contributed by atoms with Gasteiger partial charge in [-0.15, -0.1) is 11.3 Å². The molecule has 1 fully saturated rings. The zero-order chi connectivity index (χ0) is 18.4. The van der Waals surface area contributed by atoms with Gasteiger partial charge in [0.2, 0.25) is 0 Å². The average molecular weight is 381 g/mol. The molecule has 4 aromatic rings. The first-order valence-corrected chi connectivity index (χ1v) is 9.81. The van der Waals surface area contributed by atoms with Crippen molar-refractivity contribution in [3.05, 3.63) is 41.9 Å². The van der Waals surface area contributed by atoms with Gasteiger partial charge in [0.25, 0.3) is 5.91 Å². The van der Waals surface area contributed by atoms with E-state index in [0.29, 0.717) is 12.1 Å². The third-order valence-electron chi connectivity index (χ3n) is 5.09. The van der Waals surface area contributed by atoms with Gasteiger partial charge in [0.1, 0.15) is 28.2 Å². The number of thiophene rings is 1. The maximum absolute atomic E-state index is 13.1. The molecule has 0 saturated carbocycles. The summed E-state index contributed by atoms with van der Waals surface area (Å²) in [5, 5.41) is 7.42. The van der Waals surface area contributed by atoms with Crippen LogP contribution in [-0.4, -0.2) is 61.1 Å². The van der Waals surface area contributed by atoms with Crippen LogP contribution in [0.25, 0.3) is 15.9 Å². The molecule has 4 aromatic heterocycles. The van der Waals surface area contributed by atoms with E-state index in [1.54, 1.807) is 28.4 Å². The van der Waals surface area contributed by atoms with Crippen molar-refractivity contribution in [1.82, 2.24) is 29.0 Å². The van der Waals surface area contributed by atoms with Crippen LogP contribution >= 0.6 is 11.3 Å². The Morgan fingerprint density at radius 1 is 1.15 bits per heavy atom. The highest BCUT2D eigenvalue weighted by atomic mass is 32.1. The van der Waals surface area contributed by atoms with Crippen LogP contribution < -0.4 is 4.90 Å². The van der Waals surface area contributed by atoms with Crippen molar-refractivity contribution < 1.29 is 4.79 Å². The molecule has 138 valence electrons. The standard InChI is InChI=1S/C18H19N7OS/c1-22-6-9-25-17(22)14(11-21-25)18(26)24-5-2-4-23(7-8-24)15-13-3-10-27-16(13)20-12-19-15/h3,6,9-12H,2,4-5,7-8H2,1H3. The molecule has 8 nitrogen and oxygen atoms in total. The van der Waals surface area contributed by atoms with Gasteiger partial charge in [-0.25, -0.2) is 14.5 Å². The zero-order valence-corrected chi connectivity index (χ0v) is 15.8. The highest BCUT2D eigenvalue weighted by Crippen LogP contribution is 2.27. The van der Waals surface area contributed by atoms with Crippen LogP contribution in [0.3, 0.4) is 0 Å². The lowest BCUT2D eigenvalue weighted by Gasteiger charge is -2.23. The highest BCUT2D eigenvalue weighted by molar-refractivity contribution is 7.16. The van der Waals surface area contributed by atoms with Crippen LogP contribution in [0.1, 0.15) is 16.8 Å². The van der Waals surface area contributed by atoms with E-state index >= 15 is 0 Å². The lowest BCUT2D eigenvalue weighted by Crippen LogP contribution is -2.35. The number of carbonyl (C=O) groups excluding carboxylic acids is 1. The number of hydrogen-bond donors (Lipinski definition) is 0. The minimum Gasteiger partial charge on any atom is -0.354 e. The fraction of sp³-hybridized carbons (Fsp3) is 0.333. The number of carbonyl (C=O) groups is 1. The Hall–Kier alpha value is -2.94. The van der Waals surface area contributed by atoms with E-state index in [4.69, 9.17) is 0 Å². The van der Waals surface area contributed by atoms with Crippen molar-refractivity contribution in [2.75, 3.05) is 31.1 Å². The van der Waals surface area contributed by atoms with Crippen LogP contribution in [0.5, 0.6) is 0 Å². The number of amides is 1. The van der Waals surface area contributed by atoms with Crippen molar-refractivity contribution in [3.63, 3.8) is 0 Å². The minimum absolute atomic E-state index is 0.0389. The molecule has 0 unspecified atom stereocenters. The zero-order valence-electron chi connectivity index (χ0n) is 14.9. The first-order chi connectivity index (χ1) is 13.2. The number of fused-ring (bicyclic) bond motifs is 2. The van der Waals surface area contributed by atoms with Crippen molar-refractivity contribution >= 4 is 38.9 Å². The SMILES string of the molecule is Cn1ccn2ncc(C(=O)N3CCCN(c4ncnc5sccc45)CC3)c12. The number of rotatable bonds is 2. The van der Waals surface area contributed by atoms with Gasteiger partial charge in [-0.05, 0) is 17.9 Å². The highest BCUT2D eigenvalue weighted by Gasteiger charge is 2.25. The Balaban J connectivity index is 1.39. The summed E-state index contributed by atoms with van der Waals surface area (Å²) in [5.41, 5.74) is 1.48. The molecule has 1 aliphatic rings. The van der Waals surface area contributed by atoms with Crippen LogP contribution in [0, 0.1) is 0 Å². The van der Waals surface area contributed by atoms with Gasteiger partial charge in [-0.2, -0.15) is 5.10 Å². The lowest BCUT2D eigenvalue weighted by atomic mass is 10.2. The second-order valence-electron chi connectivity index (χ2n) is 6.70. The molecule has 0 N–H and O–H groups in total. The van der Waals surface area contributed by atoms with Crippen molar-refractivity contribution in [1.29, 1.82) is 0 Å². The summed E-state index contributed by atoms with van der Waals surface area (Å²) in [6, 6.07) is 2.07. The van der Waals surface area contributed by atoms with Crippen molar-refractivity contribution in [2.24, 2.45) is 7.05 Å². The van der Waals surface area contributed by atoms with Gasteiger partial charge >= 0.3 is 0 Å². The molecular weight excluding hydrogens is 362 g/mol. The van der Waals surface area contributed by atoms with Gasteiger partial charge in [0.15, 0.2) is 0 Å². The molecule has 0 aliphatic carbocycles. The fourth-order valence-electron chi connectivity index (χ4n) is 3.73. The Morgan fingerprint density at radius 2 is 2.07 bits per heavy atom. The molecule has 1 aliphatic heterocycles. The molecule has 0 aromatic carbocycles. The third-order valence-corrected chi connectivity index (χ3v) is 5.91. The summed E-state index contributed by atoms with van der Waals surface area (Å²) >= 11 is 1.62. The molecule has 9 heteroatoms. The van der Waals surface area contributed by atoms with Gasteiger partial charge in [-0.3, -0.25) is 4.79 Å². The van der Waals surface area contributed by atoms with Crippen LogP contribution in [0.15, 0.2) is 36.4 Å². The smallest absolute Gasteiger partial charge is 0.259 e. The summed E-state index contributed by atoms with van der Waals surface area (Å²) in [6.07, 6.45) is 7.96. The van der Waals surface area contributed by atoms with E-state index in [1.165, 1.54) is 0 Å². The number of hydrogen-bond acceptors (Lipinski definition) is 6. The number of aromatic nitrogens is 5. The maximum atomic E-state index is 13.1. The summed E-state index contributed by atoms with van der Waals surface area (Å²) in [7, 11) is 1.93. The van der Waals surface area contributed by atoms with Crippen LogP contribution in [-0.2, 0) is 7.05 Å². The van der Waals surface area contributed by atoms with E-state index < -0.39 is 0 Å². The van der Waals surface area contributed by atoms with Gasteiger partial charge in [0.05, 0.1) is 11.6 Å². The van der Waals surface area contributed by atoms with Gasteiger partial charge in [0, 0.05) is 45.6 Å². The monoisotopic (exact) mass is 381 g/mol. The number of anilines is 1. The largest absolute Gasteiger partial charge is 0.354 e. The normalized spacial score (nSPS) is 15.6. The van der Waals surface area contributed by atoms with Crippen molar-refractivity contribution in [3.8, 4) is 0 Å². The first-order valence-electron chi connectivity index (χ1n) is 8.93.